The van der Waals surface area contributed by atoms with Crippen LogP contribution in [-0.4, -0.2) is 19.5 Å². The molecule has 23 heavy (non-hydrogen) atoms. The van der Waals surface area contributed by atoms with Crippen LogP contribution in [0, 0.1) is 6.92 Å². The van der Waals surface area contributed by atoms with Crippen molar-refractivity contribution in [1.82, 2.24) is 4.72 Å². The predicted octanol–water partition coefficient (Wildman–Crippen LogP) is 2.43. The lowest BCUT2D eigenvalue weighted by Crippen LogP contribution is -2.28. The molecule has 0 saturated heterocycles. The number of aryl methyl sites for hydroxylation is 1. The number of benzene rings is 1. The Morgan fingerprint density at radius 3 is 2.30 bits per heavy atom. The van der Waals surface area contributed by atoms with Crippen molar-refractivity contribution in [1.29, 1.82) is 0 Å². The number of carboxylic acids is 1. The summed E-state index contributed by atoms with van der Waals surface area (Å²) in [6.45, 7) is 5.02. The van der Waals surface area contributed by atoms with E-state index in [2.05, 4.69) is 4.72 Å². The van der Waals surface area contributed by atoms with Gasteiger partial charge in [-0.2, -0.15) is 0 Å². The van der Waals surface area contributed by atoms with Crippen LogP contribution in [0.15, 0.2) is 45.9 Å². The topological polar surface area (TPSA) is 96.6 Å². The minimum atomic E-state index is -3.67. The summed E-state index contributed by atoms with van der Waals surface area (Å²) in [5.74, 6) is -0.312. The van der Waals surface area contributed by atoms with Gasteiger partial charge in [-0.25, -0.2) is 13.1 Å². The summed E-state index contributed by atoms with van der Waals surface area (Å²) in [6, 6.07) is 7.56. The molecular formula is C16H19NO5S. The average Bonchev–Trinajstić information content (AvgIpc) is 2.90. The van der Waals surface area contributed by atoms with Gasteiger partial charge in [-0.15, -0.1) is 0 Å². The van der Waals surface area contributed by atoms with Crippen LogP contribution in [0.5, 0.6) is 0 Å². The fraction of sp³-hybridized carbons (Fsp3) is 0.312. The number of furan rings is 1. The van der Waals surface area contributed by atoms with Gasteiger partial charge in [0.15, 0.2) is 0 Å². The number of hydrogen-bond donors (Lipinski definition) is 2. The summed E-state index contributed by atoms with van der Waals surface area (Å²) in [4.78, 5) is 11.3. The molecule has 0 aliphatic carbocycles. The van der Waals surface area contributed by atoms with E-state index in [1.54, 1.807) is 26.8 Å². The Kier molecular flexibility index (Phi) is 4.63. The van der Waals surface area contributed by atoms with Crippen molar-refractivity contribution in [2.24, 2.45) is 0 Å². The Hall–Kier alpha value is -2.12. The highest BCUT2D eigenvalue weighted by molar-refractivity contribution is 7.89. The first-order valence-electron chi connectivity index (χ1n) is 7.01. The Balaban J connectivity index is 2.18. The lowest BCUT2D eigenvalue weighted by atomic mass is 9.85. The molecule has 1 aromatic heterocycles. The molecule has 0 aliphatic heterocycles. The van der Waals surface area contributed by atoms with E-state index in [-0.39, 0.29) is 11.4 Å². The van der Waals surface area contributed by atoms with Crippen molar-refractivity contribution in [3.05, 3.63) is 53.5 Å². The third kappa shape index (κ3) is 3.62. The van der Waals surface area contributed by atoms with Gasteiger partial charge in [0.1, 0.15) is 5.76 Å². The first-order chi connectivity index (χ1) is 10.6. The molecular weight excluding hydrogens is 318 g/mol. The highest BCUT2D eigenvalue weighted by Gasteiger charge is 2.29. The molecule has 0 radical (unpaired) electrons. The van der Waals surface area contributed by atoms with Gasteiger partial charge in [-0.05, 0) is 44.5 Å². The van der Waals surface area contributed by atoms with E-state index < -0.39 is 21.4 Å². The molecule has 0 bridgehead atoms. The third-order valence-corrected chi connectivity index (χ3v) is 5.26. The number of aliphatic carboxylic acids is 1. The second-order valence-corrected chi connectivity index (χ2v) is 7.55. The van der Waals surface area contributed by atoms with Crippen LogP contribution < -0.4 is 4.72 Å². The largest absolute Gasteiger partial charge is 0.481 e. The zero-order chi connectivity index (χ0) is 17.3. The van der Waals surface area contributed by atoms with E-state index in [0.717, 1.165) is 5.56 Å². The Morgan fingerprint density at radius 2 is 1.83 bits per heavy atom. The van der Waals surface area contributed by atoms with Crippen LogP contribution in [0.25, 0.3) is 0 Å². The van der Waals surface area contributed by atoms with E-state index in [9.17, 15) is 18.3 Å². The fourth-order valence-electron chi connectivity index (χ4n) is 2.02. The molecule has 124 valence electrons. The smallest absolute Gasteiger partial charge is 0.313 e. The van der Waals surface area contributed by atoms with Crippen LogP contribution in [0.2, 0.25) is 0 Å². The molecule has 0 fully saturated rings. The van der Waals surface area contributed by atoms with Crippen LogP contribution in [-0.2, 0) is 26.8 Å². The summed E-state index contributed by atoms with van der Waals surface area (Å²) in [5.41, 5.74) is 0.218. The maximum atomic E-state index is 12.3. The van der Waals surface area contributed by atoms with Gasteiger partial charge in [-0.3, -0.25) is 4.79 Å². The normalized spacial score (nSPS) is 12.3. The first kappa shape index (κ1) is 17.2. The van der Waals surface area contributed by atoms with Crippen molar-refractivity contribution < 1.29 is 22.7 Å². The highest BCUT2D eigenvalue weighted by atomic mass is 32.2. The minimum absolute atomic E-state index is 0.0867. The van der Waals surface area contributed by atoms with E-state index in [1.807, 2.05) is 0 Å². The molecule has 1 heterocycles. The number of sulfonamides is 1. The Morgan fingerprint density at radius 1 is 1.22 bits per heavy atom. The van der Waals surface area contributed by atoms with E-state index >= 15 is 0 Å². The molecule has 2 rings (SSSR count). The molecule has 1 aromatic carbocycles. The van der Waals surface area contributed by atoms with Gasteiger partial charge in [0.2, 0.25) is 10.0 Å². The summed E-state index contributed by atoms with van der Waals surface area (Å²) >= 11 is 0. The van der Waals surface area contributed by atoms with Gasteiger partial charge < -0.3 is 9.52 Å². The second-order valence-electron chi connectivity index (χ2n) is 5.78. The number of rotatable bonds is 6. The molecule has 6 nitrogen and oxygen atoms in total. The summed E-state index contributed by atoms with van der Waals surface area (Å²) in [5, 5.41) is 9.20. The number of hydrogen-bond acceptors (Lipinski definition) is 4. The summed E-state index contributed by atoms with van der Waals surface area (Å²) in [6.07, 6.45) is 1.50. The maximum Gasteiger partial charge on any atom is 0.313 e. The summed E-state index contributed by atoms with van der Waals surface area (Å²) in [7, 11) is -3.67. The SMILES string of the molecule is Cc1occc1CNS(=O)(=O)c1ccc(C(C)(C)C(=O)O)cc1. The molecule has 0 unspecified atom stereocenters. The van der Waals surface area contributed by atoms with E-state index in [0.29, 0.717) is 11.3 Å². The van der Waals surface area contributed by atoms with Crippen molar-refractivity contribution in [2.75, 3.05) is 0 Å². The van der Waals surface area contributed by atoms with Crippen LogP contribution in [0.3, 0.4) is 0 Å². The monoisotopic (exact) mass is 337 g/mol. The lowest BCUT2D eigenvalue weighted by molar-refractivity contribution is -0.142. The van der Waals surface area contributed by atoms with Crippen LogP contribution in [0.4, 0.5) is 0 Å². The van der Waals surface area contributed by atoms with Gasteiger partial charge in [0.25, 0.3) is 0 Å². The molecule has 0 aliphatic rings. The number of nitrogens with one attached hydrogen (secondary N) is 1. The Labute approximate surface area is 135 Å². The van der Waals surface area contributed by atoms with Crippen molar-refractivity contribution in [3.63, 3.8) is 0 Å². The van der Waals surface area contributed by atoms with Gasteiger partial charge in [0.05, 0.1) is 16.6 Å². The fourth-order valence-corrected chi connectivity index (χ4v) is 3.03. The molecule has 7 heteroatoms. The molecule has 0 atom stereocenters. The van der Waals surface area contributed by atoms with E-state index in [1.165, 1.54) is 30.5 Å². The Bertz CT molecular complexity index is 803. The van der Waals surface area contributed by atoms with Crippen molar-refractivity contribution in [2.45, 2.75) is 37.6 Å². The van der Waals surface area contributed by atoms with Crippen molar-refractivity contribution in [3.8, 4) is 0 Å². The van der Waals surface area contributed by atoms with E-state index in [4.69, 9.17) is 4.42 Å². The van der Waals surface area contributed by atoms with Crippen LogP contribution in [0.1, 0.15) is 30.7 Å². The zero-order valence-electron chi connectivity index (χ0n) is 13.2. The minimum Gasteiger partial charge on any atom is -0.481 e. The molecule has 2 N–H and O–H groups in total. The highest BCUT2D eigenvalue weighted by Crippen LogP contribution is 2.24. The standard InChI is InChI=1S/C16H19NO5S/c1-11-12(8-9-22-11)10-17-23(20,21)14-6-4-13(5-7-14)16(2,3)15(18)19/h4-9,17H,10H2,1-3H3,(H,18,19). The molecule has 0 saturated carbocycles. The van der Waals surface area contributed by atoms with Gasteiger partial charge in [-0.1, -0.05) is 12.1 Å². The molecule has 0 spiro atoms. The quantitative estimate of drug-likeness (QED) is 0.844. The molecule has 2 aromatic rings. The number of carboxylic acid groups (broad SMARTS) is 1. The van der Waals surface area contributed by atoms with Gasteiger partial charge in [0, 0.05) is 12.1 Å². The lowest BCUT2D eigenvalue weighted by Gasteiger charge is -2.19. The average molecular weight is 337 g/mol. The van der Waals surface area contributed by atoms with Crippen LogP contribution >= 0.6 is 0 Å². The number of carbonyl (C=O) groups is 1. The summed E-state index contributed by atoms with van der Waals surface area (Å²) < 4.78 is 32.2. The molecule has 0 amide bonds. The van der Waals surface area contributed by atoms with Crippen molar-refractivity contribution >= 4 is 16.0 Å². The zero-order valence-corrected chi connectivity index (χ0v) is 14.0. The maximum absolute atomic E-state index is 12.3. The first-order valence-corrected chi connectivity index (χ1v) is 8.49. The third-order valence-electron chi connectivity index (χ3n) is 3.84. The van der Waals surface area contributed by atoms with Gasteiger partial charge >= 0.3 is 5.97 Å². The second kappa shape index (κ2) is 6.17. The predicted molar refractivity (Wildman–Crippen MR) is 84.6 cm³/mol.